The Labute approximate surface area is 112 Å². The average molecular weight is 280 g/mol. The fourth-order valence-corrected chi connectivity index (χ4v) is 2.29. The Hall–Kier alpha value is -0.350. The highest BCUT2D eigenvalue weighted by Gasteiger charge is 2.24. The molecule has 0 spiro atoms. The molecule has 1 fully saturated rings. The van der Waals surface area contributed by atoms with Gasteiger partial charge in [-0.05, 0) is 24.8 Å². The van der Waals surface area contributed by atoms with E-state index in [9.17, 15) is 4.39 Å². The van der Waals surface area contributed by atoms with E-state index in [-0.39, 0.29) is 35.2 Å². The molecule has 1 aromatic rings. The van der Waals surface area contributed by atoms with Gasteiger partial charge in [0.25, 0.3) is 0 Å². The summed E-state index contributed by atoms with van der Waals surface area (Å²) < 4.78 is 19.0. The normalized spacial score (nSPS) is 18.5. The first-order valence-electron chi connectivity index (χ1n) is 5.47. The zero-order valence-electron chi connectivity index (χ0n) is 9.36. The molecule has 1 aliphatic rings. The van der Waals surface area contributed by atoms with Crippen LogP contribution in [-0.2, 0) is 4.74 Å². The summed E-state index contributed by atoms with van der Waals surface area (Å²) in [7, 11) is 0. The first-order chi connectivity index (χ1) is 7.70. The van der Waals surface area contributed by atoms with E-state index in [1.165, 1.54) is 6.07 Å². The Balaban J connectivity index is 0.00000144. The SMILES string of the molecule is Cl.N[C@@H](c1cccc(Cl)c1F)C1CCOCC1. The van der Waals surface area contributed by atoms with E-state index >= 15 is 0 Å². The fraction of sp³-hybridized carbons (Fsp3) is 0.500. The number of benzene rings is 1. The molecule has 0 aliphatic carbocycles. The van der Waals surface area contributed by atoms with Crippen molar-refractivity contribution >= 4 is 24.0 Å². The molecule has 2 N–H and O–H groups in total. The Morgan fingerprint density at radius 1 is 1.35 bits per heavy atom. The van der Waals surface area contributed by atoms with Crippen molar-refractivity contribution in [3.8, 4) is 0 Å². The second-order valence-corrected chi connectivity index (χ2v) is 4.53. The van der Waals surface area contributed by atoms with E-state index in [4.69, 9.17) is 22.1 Å². The molecule has 0 amide bonds. The number of ether oxygens (including phenoxy) is 1. The zero-order chi connectivity index (χ0) is 11.5. The highest BCUT2D eigenvalue weighted by atomic mass is 35.5. The Morgan fingerprint density at radius 2 is 2.00 bits per heavy atom. The molecular formula is C12H16Cl2FNO. The molecular weight excluding hydrogens is 264 g/mol. The van der Waals surface area contributed by atoms with Crippen LogP contribution in [0.15, 0.2) is 18.2 Å². The quantitative estimate of drug-likeness (QED) is 0.901. The number of rotatable bonds is 2. The van der Waals surface area contributed by atoms with E-state index in [1.807, 2.05) is 0 Å². The second kappa shape index (κ2) is 6.55. The number of hydrogen-bond donors (Lipinski definition) is 1. The lowest BCUT2D eigenvalue weighted by Crippen LogP contribution is -2.28. The molecule has 1 aromatic carbocycles. The zero-order valence-corrected chi connectivity index (χ0v) is 10.9. The molecule has 0 bridgehead atoms. The van der Waals surface area contributed by atoms with Gasteiger partial charge in [-0.1, -0.05) is 23.7 Å². The molecule has 2 nitrogen and oxygen atoms in total. The maximum atomic E-state index is 13.8. The van der Waals surface area contributed by atoms with E-state index in [0.717, 1.165) is 12.8 Å². The molecule has 1 atom stereocenters. The Morgan fingerprint density at radius 3 is 2.65 bits per heavy atom. The molecule has 5 heteroatoms. The first-order valence-corrected chi connectivity index (χ1v) is 5.85. The molecule has 0 saturated carbocycles. The minimum atomic E-state index is -0.386. The van der Waals surface area contributed by atoms with Crippen molar-refractivity contribution in [2.24, 2.45) is 11.7 Å². The minimum Gasteiger partial charge on any atom is -0.381 e. The lowest BCUT2D eigenvalue weighted by Gasteiger charge is -2.28. The van der Waals surface area contributed by atoms with Gasteiger partial charge in [0.2, 0.25) is 0 Å². The van der Waals surface area contributed by atoms with Crippen LogP contribution in [-0.4, -0.2) is 13.2 Å². The van der Waals surface area contributed by atoms with Crippen LogP contribution in [0.2, 0.25) is 5.02 Å². The number of halogens is 3. The fourth-order valence-electron chi connectivity index (χ4n) is 2.11. The van der Waals surface area contributed by atoms with Crippen LogP contribution in [0, 0.1) is 11.7 Å². The van der Waals surface area contributed by atoms with Crippen molar-refractivity contribution in [2.75, 3.05) is 13.2 Å². The summed E-state index contributed by atoms with van der Waals surface area (Å²) >= 11 is 5.74. The summed E-state index contributed by atoms with van der Waals surface area (Å²) in [6, 6.07) is 4.70. The standard InChI is InChI=1S/C12H15ClFNO.ClH/c13-10-3-1-2-9(11(10)14)12(15)8-4-6-16-7-5-8;/h1-3,8,12H,4-7,15H2;1H/t12-;/m1./s1. The van der Waals surface area contributed by atoms with Crippen molar-refractivity contribution in [2.45, 2.75) is 18.9 Å². The summed E-state index contributed by atoms with van der Waals surface area (Å²) in [5.74, 6) is -0.107. The summed E-state index contributed by atoms with van der Waals surface area (Å²) in [6.07, 6.45) is 1.76. The van der Waals surface area contributed by atoms with Crippen LogP contribution in [0.3, 0.4) is 0 Å². The van der Waals surface area contributed by atoms with E-state index in [2.05, 4.69) is 0 Å². The smallest absolute Gasteiger partial charge is 0.146 e. The molecule has 17 heavy (non-hydrogen) atoms. The van der Waals surface area contributed by atoms with Gasteiger partial charge in [-0.15, -0.1) is 12.4 Å². The van der Waals surface area contributed by atoms with Crippen LogP contribution >= 0.6 is 24.0 Å². The van der Waals surface area contributed by atoms with Crippen LogP contribution in [0.5, 0.6) is 0 Å². The van der Waals surface area contributed by atoms with Gasteiger partial charge in [-0.25, -0.2) is 4.39 Å². The minimum absolute atomic E-state index is 0. The molecule has 0 aromatic heterocycles. The predicted molar refractivity (Wildman–Crippen MR) is 69.1 cm³/mol. The third-order valence-corrected chi connectivity index (χ3v) is 3.41. The molecule has 1 saturated heterocycles. The Bertz CT molecular complexity index is 370. The number of nitrogens with two attached hydrogens (primary N) is 1. The van der Waals surface area contributed by atoms with Gasteiger partial charge >= 0.3 is 0 Å². The number of hydrogen-bond acceptors (Lipinski definition) is 2. The van der Waals surface area contributed by atoms with Gasteiger partial charge in [-0.2, -0.15) is 0 Å². The molecule has 1 aliphatic heterocycles. The van der Waals surface area contributed by atoms with E-state index in [1.54, 1.807) is 12.1 Å². The topological polar surface area (TPSA) is 35.2 Å². The summed E-state index contributed by atoms with van der Waals surface area (Å²) in [6.45, 7) is 1.42. The van der Waals surface area contributed by atoms with Gasteiger partial charge in [0.05, 0.1) is 5.02 Å². The summed E-state index contributed by atoms with van der Waals surface area (Å²) in [5.41, 5.74) is 6.60. The van der Waals surface area contributed by atoms with Gasteiger partial charge < -0.3 is 10.5 Å². The van der Waals surface area contributed by atoms with Gasteiger partial charge in [-0.3, -0.25) is 0 Å². The molecule has 2 rings (SSSR count). The van der Waals surface area contributed by atoms with Crippen molar-refractivity contribution in [3.05, 3.63) is 34.6 Å². The van der Waals surface area contributed by atoms with Crippen LogP contribution in [0.1, 0.15) is 24.4 Å². The van der Waals surface area contributed by atoms with Crippen molar-refractivity contribution in [1.82, 2.24) is 0 Å². The van der Waals surface area contributed by atoms with Gasteiger partial charge in [0.15, 0.2) is 0 Å². The van der Waals surface area contributed by atoms with E-state index in [0.29, 0.717) is 18.8 Å². The third kappa shape index (κ3) is 3.32. The lowest BCUT2D eigenvalue weighted by atomic mass is 9.87. The van der Waals surface area contributed by atoms with Crippen LogP contribution < -0.4 is 5.73 Å². The van der Waals surface area contributed by atoms with Crippen molar-refractivity contribution in [3.63, 3.8) is 0 Å². The molecule has 96 valence electrons. The maximum Gasteiger partial charge on any atom is 0.146 e. The summed E-state index contributed by atoms with van der Waals surface area (Å²) in [4.78, 5) is 0. The molecule has 0 unspecified atom stereocenters. The predicted octanol–water partition coefficient (Wildman–Crippen LogP) is 3.33. The second-order valence-electron chi connectivity index (χ2n) is 4.12. The lowest BCUT2D eigenvalue weighted by molar-refractivity contribution is 0.0580. The molecule has 1 heterocycles. The van der Waals surface area contributed by atoms with Gasteiger partial charge in [0.1, 0.15) is 5.82 Å². The monoisotopic (exact) mass is 279 g/mol. The van der Waals surface area contributed by atoms with Gasteiger partial charge in [0, 0.05) is 24.8 Å². The van der Waals surface area contributed by atoms with Crippen LogP contribution in [0.4, 0.5) is 4.39 Å². The highest BCUT2D eigenvalue weighted by Crippen LogP contribution is 2.31. The summed E-state index contributed by atoms with van der Waals surface area (Å²) in [5, 5.41) is 0.139. The average Bonchev–Trinajstić information content (AvgIpc) is 2.33. The largest absolute Gasteiger partial charge is 0.381 e. The van der Waals surface area contributed by atoms with Crippen molar-refractivity contribution in [1.29, 1.82) is 0 Å². The molecule has 0 radical (unpaired) electrons. The Kier molecular flexibility index (Phi) is 5.67. The highest BCUT2D eigenvalue weighted by molar-refractivity contribution is 6.30. The maximum absolute atomic E-state index is 13.8. The third-order valence-electron chi connectivity index (χ3n) is 3.11. The van der Waals surface area contributed by atoms with E-state index < -0.39 is 0 Å². The van der Waals surface area contributed by atoms with Crippen molar-refractivity contribution < 1.29 is 9.13 Å². The van der Waals surface area contributed by atoms with Crippen LogP contribution in [0.25, 0.3) is 0 Å². The first kappa shape index (κ1) is 14.7.